The molecule has 1 atom stereocenters. The van der Waals surface area contributed by atoms with Crippen molar-refractivity contribution in [2.75, 3.05) is 14.2 Å². The Morgan fingerprint density at radius 2 is 1.75 bits per heavy atom. The summed E-state index contributed by atoms with van der Waals surface area (Å²) in [5.41, 5.74) is 3.72. The third-order valence-electron chi connectivity index (χ3n) is 3.42. The van der Waals surface area contributed by atoms with E-state index in [1.165, 1.54) is 11.1 Å². The van der Waals surface area contributed by atoms with E-state index in [-0.39, 0.29) is 4.83 Å². The summed E-state index contributed by atoms with van der Waals surface area (Å²) in [5, 5.41) is 0. The predicted octanol–water partition coefficient (Wildman–Crippen LogP) is 4.75. The summed E-state index contributed by atoms with van der Waals surface area (Å²) in [6, 6.07) is 14.4. The summed E-state index contributed by atoms with van der Waals surface area (Å²) in [6.45, 7) is 2.17. The fraction of sp³-hybridized carbons (Fsp3) is 0.294. The minimum absolute atomic E-state index is 0.111. The second-order valence-electron chi connectivity index (χ2n) is 4.52. The first-order valence-electron chi connectivity index (χ1n) is 6.65. The van der Waals surface area contributed by atoms with Crippen LogP contribution < -0.4 is 9.47 Å². The quantitative estimate of drug-likeness (QED) is 0.734. The summed E-state index contributed by atoms with van der Waals surface area (Å²) in [7, 11) is 3.34. The molecule has 0 aromatic heterocycles. The molecule has 0 saturated heterocycles. The maximum absolute atomic E-state index is 5.49. The van der Waals surface area contributed by atoms with Crippen LogP contribution in [0.15, 0.2) is 42.5 Å². The van der Waals surface area contributed by atoms with Crippen molar-refractivity contribution >= 4 is 15.9 Å². The molecule has 2 aromatic rings. The number of rotatable bonds is 5. The van der Waals surface area contributed by atoms with Crippen molar-refractivity contribution in [3.8, 4) is 11.5 Å². The van der Waals surface area contributed by atoms with Crippen LogP contribution in [0.4, 0.5) is 0 Å². The Kier molecular flexibility index (Phi) is 5.07. The van der Waals surface area contributed by atoms with Crippen molar-refractivity contribution < 1.29 is 9.47 Å². The number of hydrogen-bond donors (Lipinski definition) is 0. The zero-order chi connectivity index (χ0) is 14.5. The van der Waals surface area contributed by atoms with Crippen molar-refractivity contribution in [3.63, 3.8) is 0 Å². The van der Waals surface area contributed by atoms with E-state index in [0.29, 0.717) is 0 Å². The molecule has 2 aromatic carbocycles. The van der Waals surface area contributed by atoms with Crippen molar-refractivity contribution in [3.05, 3.63) is 59.2 Å². The first-order chi connectivity index (χ1) is 9.71. The van der Waals surface area contributed by atoms with Crippen LogP contribution in [0.1, 0.15) is 28.4 Å². The summed E-state index contributed by atoms with van der Waals surface area (Å²) in [6.07, 6.45) is 1.01. The lowest BCUT2D eigenvalue weighted by atomic mass is 9.97. The van der Waals surface area contributed by atoms with Gasteiger partial charge in [-0.25, -0.2) is 0 Å². The summed E-state index contributed by atoms with van der Waals surface area (Å²) in [4.78, 5) is 0.111. The molecule has 0 radical (unpaired) electrons. The molecule has 106 valence electrons. The molecule has 0 bridgehead atoms. The Morgan fingerprint density at radius 1 is 1.00 bits per heavy atom. The number of ether oxygens (including phenoxy) is 2. The predicted molar refractivity (Wildman–Crippen MR) is 86.1 cm³/mol. The fourth-order valence-corrected chi connectivity index (χ4v) is 3.12. The number of halogens is 1. The highest BCUT2D eigenvalue weighted by molar-refractivity contribution is 9.09. The molecule has 0 aliphatic heterocycles. The molecule has 0 N–H and O–H groups in total. The Bertz CT molecular complexity index is 581. The maximum atomic E-state index is 5.49. The van der Waals surface area contributed by atoms with Gasteiger partial charge in [-0.2, -0.15) is 0 Å². The van der Waals surface area contributed by atoms with Gasteiger partial charge >= 0.3 is 0 Å². The molecule has 0 saturated carbocycles. The summed E-state index contributed by atoms with van der Waals surface area (Å²) < 4.78 is 10.7. The molecule has 0 spiro atoms. The zero-order valence-electron chi connectivity index (χ0n) is 12.0. The van der Waals surface area contributed by atoms with E-state index in [1.807, 2.05) is 18.2 Å². The number of hydrogen-bond acceptors (Lipinski definition) is 2. The highest BCUT2D eigenvalue weighted by Gasteiger charge is 2.18. The summed E-state index contributed by atoms with van der Waals surface area (Å²) >= 11 is 3.80. The lowest BCUT2D eigenvalue weighted by Crippen LogP contribution is -2.01. The molecule has 0 fully saturated rings. The minimum Gasteiger partial charge on any atom is -0.497 e. The van der Waals surface area contributed by atoms with Gasteiger partial charge < -0.3 is 9.47 Å². The van der Waals surface area contributed by atoms with Gasteiger partial charge in [0.05, 0.1) is 19.0 Å². The lowest BCUT2D eigenvalue weighted by molar-refractivity contribution is 0.391. The van der Waals surface area contributed by atoms with Crippen LogP contribution in [-0.2, 0) is 6.42 Å². The molecule has 0 aliphatic rings. The molecule has 2 rings (SSSR count). The molecule has 2 nitrogen and oxygen atoms in total. The molecule has 20 heavy (non-hydrogen) atoms. The number of aryl methyl sites for hydroxylation is 1. The van der Waals surface area contributed by atoms with Crippen molar-refractivity contribution in [2.45, 2.75) is 18.2 Å². The van der Waals surface area contributed by atoms with Crippen LogP contribution >= 0.6 is 15.9 Å². The molecular weight excluding hydrogens is 316 g/mol. The third-order valence-corrected chi connectivity index (χ3v) is 4.41. The number of methoxy groups -OCH3 is 2. The van der Waals surface area contributed by atoms with Crippen LogP contribution in [0.2, 0.25) is 0 Å². The SMILES string of the molecule is CCc1ccccc1C(Br)c1ccc(OC)cc1OC. The van der Waals surface area contributed by atoms with Gasteiger partial charge in [0.2, 0.25) is 0 Å². The average Bonchev–Trinajstić information content (AvgIpc) is 2.53. The van der Waals surface area contributed by atoms with Crippen molar-refractivity contribution in [1.29, 1.82) is 0 Å². The standard InChI is InChI=1S/C17H19BrO2/c1-4-12-7-5-6-8-14(12)17(18)15-10-9-13(19-2)11-16(15)20-3/h5-11,17H,4H2,1-3H3. The van der Waals surface area contributed by atoms with E-state index in [4.69, 9.17) is 9.47 Å². The molecule has 3 heteroatoms. The lowest BCUT2D eigenvalue weighted by Gasteiger charge is -2.18. The van der Waals surface area contributed by atoms with Gasteiger partial charge in [-0.05, 0) is 23.6 Å². The van der Waals surface area contributed by atoms with Gasteiger partial charge in [0.25, 0.3) is 0 Å². The van der Waals surface area contributed by atoms with E-state index < -0.39 is 0 Å². The minimum atomic E-state index is 0.111. The van der Waals surface area contributed by atoms with Crippen LogP contribution in [-0.4, -0.2) is 14.2 Å². The van der Waals surface area contributed by atoms with Crippen molar-refractivity contribution in [1.82, 2.24) is 0 Å². The Hall–Kier alpha value is -1.48. The van der Waals surface area contributed by atoms with Gasteiger partial charge in [0.1, 0.15) is 11.5 Å². The van der Waals surface area contributed by atoms with Gasteiger partial charge in [-0.1, -0.05) is 53.2 Å². The highest BCUT2D eigenvalue weighted by Crippen LogP contribution is 2.39. The van der Waals surface area contributed by atoms with E-state index in [9.17, 15) is 0 Å². The van der Waals surface area contributed by atoms with Gasteiger partial charge in [0, 0.05) is 11.6 Å². The van der Waals surface area contributed by atoms with Gasteiger partial charge in [-0.3, -0.25) is 0 Å². The fourth-order valence-electron chi connectivity index (χ4n) is 2.30. The van der Waals surface area contributed by atoms with E-state index in [1.54, 1.807) is 14.2 Å². The highest BCUT2D eigenvalue weighted by atomic mass is 79.9. The summed E-state index contributed by atoms with van der Waals surface area (Å²) in [5.74, 6) is 1.63. The smallest absolute Gasteiger partial charge is 0.127 e. The van der Waals surface area contributed by atoms with Crippen LogP contribution in [0.5, 0.6) is 11.5 Å². The first kappa shape index (κ1) is 14.9. The normalized spacial score (nSPS) is 12.0. The second kappa shape index (κ2) is 6.80. The van der Waals surface area contributed by atoms with E-state index >= 15 is 0 Å². The van der Waals surface area contributed by atoms with Gasteiger partial charge in [-0.15, -0.1) is 0 Å². The van der Waals surface area contributed by atoms with E-state index in [2.05, 4.69) is 47.1 Å². The maximum Gasteiger partial charge on any atom is 0.127 e. The average molecular weight is 335 g/mol. The Morgan fingerprint density at radius 3 is 2.40 bits per heavy atom. The first-order valence-corrected chi connectivity index (χ1v) is 7.56. The molecule has 1 unspecified atom stereocenters. The Balaban J connectivity index is 2.45. The largest absolute Gasteiger partial charge is 0.497 e. The zero-order valence-corrected chi connectivity index (χ0v) is 13.6. The Labute approximate surface area is 128 Å². The van der Waals surface area contributed by atoms with Crippen LogP contribution in [0.3, 0.4) is 0 Å². The number of benzene rings is 2. The van der Waals surface area contributed by atoms with Crippen molar-refractivity contribution in [2.24, 2.45) is 0 Å². The molecular formula is C17H19BrO2. The monoisotopic (exact) mass is 334 g/mol. The third kappa shape index (κ3) is 2.98. The topological polar surface area (TPSA) is 18.5 Å². The molecule has 0 amide bonds. The second-order valence-corrected chi connectivity index (χ2v) is 5.44. The van der Waals surface area contributed by atoms with Gasteiger partial charge in [0.15, 0.2) is 0 Å². The molecule has 0 heterocycles. The van der Waals surface area contributed by atoms with E-state index in [0.717, 1.165) is 23.5 Å². The molecule has 0 aliphatic carbocycles. The van der Waals surface area contributed by atoms with Crippen LogP contribution in [0.25, 0.3) is 0 Å². The van der Waals surface area contributed by atoms with Crippen LogP contribution in [0, 0.1) is 0 Å². The number of alkyl halides is 1.